The molecule has 0 radical (unpaired) electrons. The number of rotatable bonds is 3. The summed E-state index contributed by atoms with van der Waals surface area (Å²) in [6, 6.07) is 9.42. The maximum atomic E-state index is 5.80. The van der Waals surface area contributed by atoms with Crippen molar-refractivity contribution < 1.29 is 0 Å². The summed E-state index contributed by atoms with van der Waals surface area (Å²) in [5.74, 6) is 0.734. The summed E-state index contributed by atoms with van der Waals surface area (Å²) in [5.41, 5.74) is 7.14. The fraction of sp³-hybridized carbons (Fsp3) is 0.625. The first-order valence-corrected chi connectivity index (χ1v) is 8.50. The van der Waals surface area contributed by atoms with Crippen molar-refractivity contribution in [2.45, 2.75) is 25.3 Å². The highest BCUT2D eigenvalue weighted by Crippen LogP contribution is 2.27. The van der Waals surface area contributed by atoms with Crippen molar-refractivity contribution in [3.05, 3.63) is 28.7 Å². The van der Waals surface area contributed by atoms with Gasteiger partial charge in [0, 0.05) is 35.8 Å². The lowest BCUT2D eigenvalue weighted by Crippen LogP contribution is -2.44. The van der Waals surface area contributed by atoms with E-state index in [9.17, 15) is 0 Å². The largest absolute Gasteiger partial charge is 0.371 e. The molecule has 2 heterocycles. The van der Waals surface area contributed by atoms with Crippen LogP contribution in [0.4, 0.5) is 5.69 Å². The molecule has 2 aliphatic heterocycles. The van der Waals surface area contributed by atoms with Crippen LogP contribution in [-0.2, 0) is 0 Å². The van der Waals surface area contributed by atoms with Gasteiger partial charge >= 0.3 is 0 Å². The Morgan fingerprint density at radius 3 is 2.60 bits per heavy atom. The van der Waals surface area contributed by atoms with Crippen molar-refractivity contribution >= 4 is 21.6 Å². The van der Waals surface area contributed by atoms with E-state index in [1.165, 1.54) is 55.6 Å². The van der Waals surface area contributed by atoms with Crippen molar-refractivity contribution in [1.82, 2.24) is 4.90 Å². The first-order valence-electron chi connectivity index (χ1n) is 7.71. The molecular formula is C16H24BrN3. The van der Waals surface area contributed by atoms with Gasteiger partial charge < -0.3 is 10.6 Å². The number of anilines is 1. The maximum absolute atomic E-state index is 5.80. The summed E-state index contributed by atoms with van der Waals surface area (Å²) >= 11 is 3.56. The van der Waals surface area contributed by atoms with Crippen molar-refractivity contribution in [3.63, 3.8) is 0 Å². The number of hydrogen-bond donors (Lipinski definition) is 1. The summed E-state index contributed by atoms with van der Waals surface area (Å²) in [7, 11) is 0. The van der Waals surface area contributed by atoms with Crippen LogP contribution in [0.2, 0.25) is 0 Å². The molecular weight excluding hydrogens is 314 g/mol. The van der Waals surface area contributed by atoms with Crippen LogP contribution < -0.4 is 10.6 Å². The van der Waals surface area contributed by atoms with Crippen molar-refractivity contribution in [2.75, 3.05) is 37.6 Å². The Kier molecular flexibility index (Phi) is 4.64. The molecule has 0 bridgehead atoms. The van der Waals surface area contributed by atoms with Crippen LogP contribution >= 0.6 is 15.9 Å². The third kappa shape index (κ3) is 3.18. The molecule has 3 nitrogen and oxygen atoms in total. The SMILES string of the molecule is NCC1CCN(C2CCN(c3cccc(Br)c3)CC2)C1. The normalized spacial score (nSPS) is 25.3. The molecule has 1 aromatic carbocycles. The van der Waals surface area contributed by atoms with Crippen LogP contribution in [0.15, 0.2) is 28.7 Å². The highest BCUT2D eigenvalue weighted by Gasteiger charge is 2.30. The molecule has 3 rings (SSSR count). The van der Waals surface area contributed by atoms with E-state index in [1.807, 2.05) is 0 Å². The summed E-state index contributed by atoms with van der Waals surface area (Å²) in [5, 5.41) is 0. The van der Waals surface area contributed by atoms with Gasteiger partial charge in [-0.05, 0) is 56.5 Å². The fourth-order valence-electron chi connectivity index (χ4n) is 3.55. The number of nitrogens with zero attached hydrogens (tertiary/aromatic N) is 2. The van der Waals surface area contributed by atoms with Crippen LogP contribution in [-0.4, -0.2) is 43.7 Å². The van der Waals surface area contributed by atoms with Gasteiger partial charge in [-0.1, -0.05) is 22.0 Å². The van der Waals surface area contributed by atoms with Crippen molar-refractivity contribution in [1.29, 1.82) is 0 Å². The number of benzene rings is 1. The molecule has 4 heteroatoms. The van der Waals surface area contributed by atoms with Crippen LogP contribution in [0.25, 0.3) is 0 Å². The summed E-state index contributed by atoms with van der Waals surface area (Å²) in [6.07, 6.45) is 3.86. The number of halogens is 1. The molecule has 1 atom stereocenters. The zero-order valence-electron chi connectivity index (χ0n) is 12.0. The summed E-state index contributed by atoms with van der Waals surface area (Å²) in [6.45, 7) is 5.67. The maximum Gasteiger partial charge on any atom is 0.0377 e. The molecule has 20 heavy (non-hydrogen) atoms. The molecule has 1 aromatic rings. The minimum Gasteiger partial charge on any atom is -0.371 e. The molecule has 2 aliphatic rings. The predicted molar refractivity (Wildman–Crippen MR) is 88.1 cm³/mol. The van der Waals surface area contributed by atoms with Crippen LogP contribution in [0.3, 0.4) is 0 Å². The highest BCUT2D eigenvalue weighted by molar-refractivity contribution is 9.10. The van der Waals surface area contributed by atoms with Crippen LogP contribution in [0.1, 0.15) is 19.3 Å². The molecule has 0 aromatic heterocycles. The van der Waals surface area contributed by atoms with Gasteiger partial charge in [0.25, 0.3) is 0 Å². The number of nitrogens with two attached hydrogens (primary N) is 1. The zero-order valence-corrected chi connectivity index (χ0v) is 13.6. The number of piperidine rings is 1. The van der Waals surface area contributed by atoms with Gasteiger partial charge in [-0.3, -0.25) is 4.90 Å². The van der Waals surface area contributed by atoms with Gasteiger partial charge in [-0.15, -0.1) is 0 Å². The Labute approximate surface area is 130 Å². The lowest BCUT2D eigenvalue weighted by atomic mass is 10.0. The lowest BCUT2D eigenvalue weighted by Gasteiger charge is -2.38. The second-order valence-electron chi connectivity index (χ2n) is 6.08. The quantitative estimate of drug-likeness (QED) is 0.920. The molecule has 2 saturated heterocycles. The second-order valence-corrected chi connectivity index (χ2v) is 7.00. The Morgan fingerprint density at radius 2 is 1.95 bits per heavy atom. The highest BCUT2D eigenvalue weighted by atomic mass is 79.9. The molecule has 110 valence electrons. The van der Waals surface area contributed by atoms with E-state index < -0.39 is 0 Å². The van der Waals surface area contributed by atoms with Crippen LogP contribution in [0.5, 0.6) is 0 Å². The third-order valence-electron chi connectivity index (χ3n) is 4.80. The minimum absolute atomic E-state index is 0.734. The lowest BCUT2D eigenvalue weighted by molar-refractivity contribution is 0.201. The smallest absolute Gasteiger partial charge is 0.0377 e. The van der Waals surface area contributed by atoms with Gasteiger partial charge in [0.15, 0.2) is 0 Å². The predicted octanol–water partition coefficient (Wildman–Crippen LogP) is 2.70. The van der Waals surface area contributed by atoms with Gasteiger partial charge in [-0.2, -0.15) is 0 Å². The third-order valence-corrected chi connectivity index (χ3v) is 5.30. The number of hydrogen-bond acceptors (Lipinski definition) is 3. The molecule has 2 N–H and O–H groups in total. The monoisotopic (exact) mass is 337 g/mol. The first-order chi connectivity index (χ1) is 9.76. The molecule has 0 aliphatic carbocycles. The van der Waals surface area contributed by atoms with E-state index in [1.54, 1.807) is 0 Å². The van der Waals surface area contributed by atoms with E-state index >= 15 is 0 Å². The van der Waals surface area contributed by atoms with Crippen LogP contribution in [0, 0.1) is 5.92 Å². The standard InChI is InChI=1S/C16H24BrN3/c17-14-2-1-3-16(10-14)19-8-5-15(6-9-19)20-7-4-13(11-18)12-20/h1-3,10,13,15H,4-9,11-12,18H2. The van der Waals surface area contributed by atoms with Crippen molar-refractivity contribution in [2.24, 2.45) is 11.7 Å². The topological polar surface area (TPSA) is 32.5 Å². The van der Waals surface area contributed by atoms with Gasteiger partial charge in [-0.25, -0.2) is 0 Å². The second kappa shape index (κ2) is 6.46. The molecule has 0 spiro atoms. The average molecular weight is 338 g/mol. The molecule has 1 unspecified atom stereocenters. The number of likely N-dealkylation sites (tertiary alicyclic amines) is 1. The summed E-state index contributed by atoms with van der Waals surface area (Å²) in [4.78, 5) is 5.19. The van der Waals surface area contributed by atoms with E-state index in [0.717, 1.165) is 18.5 Å². The van der Waals surface area contributed by atoms with Crippen molar-refractivity contribution in [3.8, 4) is 0 Å². The van der Waals surface area contributed by atoms with E-state index in [-0.39, 0.29) is 0 Å². The Bertz CT molecular complexity index is 443. The van der Waals surface area contributed by atoms with Gasteiger partial charge in [0.05, 0.1) is 0 Å². The van der Waals surface area contributed by atoms with Gasteiger partial charge in [0.2, 0.25) is 0 Å². The first kappa shape index (κ1) is 14.4. The Hall–Kier alpha value is -0.580. The molecule has 0 saturated carbocycles. The Morgan fingerprint density at radius 1 is 1.15 bits per heavy atom. The molecule has 2 fully saturated rings. The van der Waals surface area contributed by atoms with E-state index in [2.05, 4.69) is 50.0 Å². The van der Waals surface area contributed by atoms with E-state index in [4.69, 9.17) is 5.73 Å². The van der Waals surface area contributed by atoms with E-state index in [0.29, 0.717) is 0 Å². The minimum atomic E-state index is 0.734. The fourth-order valence-corrected chi connectivity index (χ4v) is 3.94. The average Bonchev–Trinajstić information content (AvgIpc) is 2.96. The van der Waals surface area contributed by atoms with Gasteiger partial charge in [0.1, 0.15) is 0 Å². The Balaban J connectivity index is 1.55. The molecule has 0 amide bonds. The summed E-state index contributed by atoms with van der Waals surface area (Å²) < 4.78 is 1.17. The zero-order chi connectivity index (χ0) is 13.9.